The second kappa shape index (κ2) is 5.00. The Morgan fingerprint density at radius 1 is 1.39 bits per heavy atom. The van der Waals surface area contributed by atoms with Gasteiger partial charge in [0.25, 0.3) is 0 Å². The fourth-order valence-electron chi connectivity index (χ4n) is 2.12. The van der Waals surface area contributed by atoms with Gasteiger partial charge in [-0.1, -0.05) is 0 Å². The van der Waals surface area contributed by atoms with E-state index in [1.807, 2.05) is 0 Å². The number of hydrogen-bond acceptors (Lipinski definition) is 5. The lowest BCUT2D eigenvalue weighted by atomic mass is 9.83. The maximum absolute atomic E-state index is 11.4. The van der Waals surface area contributed by atoms with E-state index in [-0.39, 0.29) is 6.04 Å². The minimum atomic E-state index is -3.12. The maximum Gasteiger partial charge on any atom is 0.491 e. The molecule has 1 aromatic heterocycles. The molecule has 0 bridgehead atoms. The topological polar surface area (TPSA) is 95.7 Å². The van der Waals surface area contributed by atoms with Crippen LogP contribution in [0.1, 0.15) is 18.9 Å². The number of aromatic nitrogens is 2. The summed E-state index contributed by atoms with van der Waals surface area (Å²) in [4.78, 5) is 0. The SMILES string of the molecule is CS(=O)(=O)N1CCC(n2cc(B(O)O)cn2)CC1. The van der Waals surface area contributed by atoms with E-state index in [0.717, 1.165) is 0 Å². The van der Waals surface area contributed by atoms with Crippen LogP contribution in [0.5, 0.6) is 0 Å². The molecule has 0 aromatic carbocycles. The molecular weight excluding hydrogens is 257 g/mol. The van der Waals surface area contributed by atoms with Crippen LogP contribution in [-0.2, 0) is 10.0 Å². The Balaban J connectivity index is 2.01. The fourth-order valence-corrected chi connectivity index (χ4v) is 3.00. The van der Waals surface area contributed by atoms with E-state index in [1.54, 1.807) is 10.9 Å². The van der Waals surface area contributed by atoms with Crippen LogP contribution in [0.25, 0.3) is 0 Å². The highest BCUT2D eigenvalue weighted by Gasteiger charge is 2.26. The van der Waals surface area contributed by atoms with Crippen molar-refractivity contribution < 1.29 is 18.5 Å². The Labute approximate surface area is 106 Å². The number of rotatable bonds is 3. The molecular formula is C9H16BN3O4S. The normalized spacial score (nSPS) is 19.1. The van der Waals surface area contributed by atoms with Crippen molar-refractivity contribution in [2.24, 2.45) is 0 Å². The molecule has 0 atom stereocenters. The van der Waals surface area contributed by atoms with Gasteiger partial charge in [0.15, 0.2) is 0 Å². The van der Waals surface area contributed by atoms with E-state index in [2.05, 4.69) is 5.10 Å². The first-order chi connectivity index (χ1) is 8.38. The molecule has 0 spiro atoms. The first-order valence-corrected chi connectivity index (χ1v) is 7.58. The second-order valence-electron chi connectivity index (χ2n) is 4.52. The molecule has 9 heteroatoms. The van der Waals surface area contributed by atoms with Crippen molar-refractivity contribution in [1.82, 2.24) is 14.1 Å². The number of sulfonamides is 1. The molecule has 1 aliphatic rings. The predicted molar refractivity (Wildman–Crippen MR) is 66.7 cm³/mol. The average molecular weight is 273 g/mol. The largest absolute Gasteiger partial charge is 0.491 e. The van der Waals surface area contributed by atoms with Gasteiger partial charge in [0.2, 0.25) is 10.0 Å². The molecule has 2 N–H and O–H groups in total. The zero-order chi connectivity index (χ0) is 13.3. The molecule has 1 aliphatic heterocycles. The second-order valence-corrected chi connectivity index (χ2v) is 6.50. The minimum Gasteiger partial charge on any atom is -0.423 e. The van der Waals surface area contributed by atoms with Crippen LogP contribution in [0.4, 0.5) is 0 Å². The van der Waals surface area contributed by atoms with Gasteiger partial charge in [-0.15, -0.1) is 0 Å². The molecule has 2 heterocycles. The number of piperidine rings is 1. The minimum absolute atomic E-state index is 0.107. The van der Waals surface area contributed by atoms with Gasteiger partial charge in [0.05, 0.1) is 12.3 Å². The third kappa shape index (κ3) is 2.92. The molecule has 0 unspecified atom stereocenters. The molecule has 0 radical (unpaired) electrons. The summed E-state index contributed by atoms with van der Waals surface area (Å²) in [6.45, 7) is 0.945. The van der Waals surface area contributed by atoms with Gasteiger partial charge in [0.1, 0.15) is 0 Å². The monoisotopic (exact) mass is 273 g/mol. The van der Waals surface area contributed by atoms with E-state index >= 15 is 0 Å². The molecule has 100 valence electrons. The summed E-state index contributed by atoms with van der Waals surface area (Å²) in [5.41, 5.74) is 0.348. The molecule has 0 amide bonds. The van der Waals surface area contributed by atoms with Gasteiger partial charge >= 0.3 is 7.12 Å². The quantitative estimate of drug-likeness (QED) is 0.631. The number of nitrogens with zero attached hydrogens (tertiary/aromatic N) is 3. The van der Waals surface area contributed by atoms with Crippen LogP contribution in [0, 0.1) is 0 Å². The lowest BCUT2D eigenvalue weighted by Gasteiger charge is -2.30. The van der Waals surface area contributed by atoms with Crippen LogP contribution in [0.2, 0.25) is 0 Å². The lowest BCUT2D eigenvalue weighted by Crippen LogP contribution is -2.38. The van der Waals surface area contributed by atoms with Gasteiger partial charge in [-0.25, -0.2) is 12.7 Å². The van der Waals surface area contributed by atoms with Crippen molar-refractivity contribution in [3.8, 4) is 0 Å². The van der Waals surface area contributed by atoms with Gasteiger partial charge in [-0.05, 0) is 12.8 Å². The van der Waals surface area contributed by atoms with E-state index in [9.17, 15) is 8.42 Å². The highest BCUT2D eigenvalue weighted by molar-refractivity contribution is 7.88. The van der Waals surface area contributed by atoms with Gasteiger partial charge < -0.3 is 10.0 Å². The Bertz CT molecular complexity index is 508. The highest BCUT2D eigenvalue weighted by atomic mass is 32.2. The average Bonchev–Trinajstić information content (AvgIpc) is 2.77. The van der Waals surface area contributed by atoms with Crippen LogP contribution in [0.15, 0.2) is 12.4 Å². The van der Waals surface area contributed by atoms with E-state index in [1.165, 1.54) is 16.8 Å². The van der Waals surface area contributed by atoms with Gasteiger partial charge in [-0.2, -0.15) is 5.10 Å². The standard InChI is InChI=1S/C9H16BN3O4S/c1-18(16,17)12-4-2-9(3-5-12)13-7-8(6-11-13)10(14)15/h6-7,9,14-15H,2-5H2,1H3. The Kier molecular flexibility index (Phi) is 3.76. The Morgan fingerprint density at radius 2 is 2.00 bits per heavy atom. The third-order valence-corrected chi connectivity index (χ3v) is 4.49. The van der Waals surface area contributed by atoms with Crippen molar-refractivity contribution in [3.63, 3.8) is 0 Å². The molecule has 7 nitrogen and oxygen atoms in total. The molecule has 18 heavy (non-hydrogen) atoms. The summed E-state index contributed by atoms with van der Waals surface area (Å²) in [6.07, 6.45) is 5.56. The summed E-state index contributed by atoms with van der Waals surface area (Å²) in [6, 6.07) is 0.107. The Morgan fingerprint density at radius 3 is 2.44 bits per heavy atom. The van der Waals surface area contributed by atoms with Gasteiger partial charge in [0, 0.05) is 30.9 Å². The summed E-state index contributed by atoms with van der Waals surface area (Å²) >= 11 is 0. The summed E-state index contributed by atoms with van der Waals surface area (Å²) in [5, 5.41) is 22.1. The zero-order valence-corrected chi connectivity index (χ0v) is 10.9. The lowest BCUT2D eigenvalue weighted by molar-refractivity contribution is 0.262. The predicted octanol–water partition coefficient (Wildman–Crippen LogP) is -1.84. The maximum atomic E-state index is 11.4. The molecule has 0 saturated carbocycles. The van der Waals surface area contributed by atoms with Crippen molar-refractivity contribution in [3.05, 3.63) is 12.4 Å². The fraction of sp³-hybridized carbons (Fsp3) is 0.667. The smallest absolute Gasteiger partial charge is 0.423 e. The first-order valence-electron chi connectivity index (χ1n) is 5.73. The van der Waals surface area contributed by atoms with Crippen molar-refractivity contribution >= 4 is 22.6 Å². The summed E-state index contributed by atoms with van der Waals surface area (Å²) in [5.74, 6) is 0. The van der Waals surface area contributed by atoms with Crippen LogP contribution < -0.4 is 5.46 Å². The molecule has 2 rings (SSSR count). The van der Waals surface area contributed by atoms with Crippen molar-refractivity contribution in [2.75, 3.05) is 19.3 Å². The van der Waals surface area contributed by atoms with Crippen molar-refractivity contribution in [1.29, 1.82) is 0 Å². The van der Waals surface area contributed by atoms with Gasteiger partial charge in [-0.3, -0.25) is 4.68 Å². The molecule has 1 aromatic rings. The molecule has 1 saturated heterocycles. The van der Waals surface area contributed by atoms with Crippen LogP contribution >= 0.6 is 0 Å². The van der Waals surface area contributed by atoms with E-state index in [4.69, 9.17) is 10.0 Å². The van der Waals surface area contributed by atoms with Crippen LogP contribution in [-0.4, -0.2) is 59.0 Å². The third-order valence-electron chi connectivity index (χ3n) is 3.19. The number of hydrogen-bond donors (Lipinski definition) is 2. The Hall–Kier alpha value is -0.895. The summed E-state index contributed by atoms with van der Waals surface area (Å²) < 4.78 is 25.8. The summed E-state index contributed by atoms with van der Waals surface area (Å²) in [7, 11) is -4.63. The van der Waals surface area contributed by atoms with E-state index in [0.29, 0.717) is 31.4 Å². The zero-order valence-electron chi connectivity index (χ0n) is 10.1. The molecule has 0 aliphatic carbocycles. The molecule has 1 fully saturated rings. The first kappa shape index (κ1) is 13.5. The highest BCUT2D eigenvalue weighted by Crippen LogP contribution is 2.22. The van der Waals surface area contributed by atoms with Crippen molar-refractivity contribution in [2.45, 2.75) is 18.9 Å². The van der Waals surface area contributed by atoms with E-state index < -0.39 is 17.1 Å². The van der Waals surface area contributed by atoms with Crippen LogP contribution in [0.3, 0.4) is 0 Å².